The van der Waals surface area contributed by atoms with Crippen molar-refractivity contribution in [3.05, 3.63) is 29.6 Å². The fraction of sp³-hybridized carbons (Fsp3) is 0.600. The number of pyridine rings is 1. The Bertz CT molecular complexity index is 557. The van der Waals surface area contributed by atoms with Crippen LogP contribution in [0, 0.1) is 6.92 Å². The molecule has 2 heterocycles. The van der Waals surface area contributed by atoms with Crippen LogP contribution in [-0.4, -0.2) is 58.6 Å². The molecule has 1 fully saturated rings. The Labute approximate surface area is 127 Å². The van der Waals surface area contributed by atoms with Gasteiger partial charge in [-0.2, -0.15) is 13.2 Å². The highest BCUT2D eigenvalue weighted by atomic mass is 19.4. The summed E-state index contributed by atoms with van der Waals surface area (Å²) in [6.45, 7) is 5.07. The van der Waals surface area contributed by atoms with Gasteiger partial charge in [0, 0.05) is 31.5 Å². The van der Waals surface area contributed by atoms with E-state index in [0.29, 0.717) is 11.3 Å². The van der Waals surface area contributed by atoms with E-state index in [-0.39, 0.29) is 25.5 Å². The number of hydrogen-bond donors (Lipinski definition) is 0. The molecule has 2 rings (SSSR count). The van der Waals surface area contributed by atoms with E-state index in [1.165, 1.54) is 4.90 Å². The maximum absolute atomic E-state index is 12.7. The van der Waals surface area contributed by atoms with Crippen LogP contribution < -0.4 is 0 Å². The van der Waals surface area contributed by atoms with Gasteiger partial charge in [-0.3, -0.25) is 14.7 Å². The summed E-state index contributed by atoms with van der Waals surface area (Å²) in [5.74, 6) is -0.178. The van der Waals surface area contributed by atoms with Gasteiger partial charge in [0.2, 0.25) is 0 Å². The van der Waals surface area contributed by atoms with Gasteiger partial charge < -0.3 is 4.90 Å². The van der Waals surface area contributed by atoms with E-state index in [2.05, 4.69) is 4.98 Å². The molecule has 7 heteroatoms. The molecular formula is C15H20F3N3O. The molecule has 1 aliphatic rings. The number of nitrogens with zero attached hydrogens (tertiary/aromatic N) is 3. The zero-order chi connectivity index (χ0) is 16.5. The third kappa shape index (κ3) is 3.76. The van der Waals surface area contributed by atoms with Gasteiger partial charge in [0.1, 0.15) is 0 Å². The van der Waals surface area contributed by atoms with Crippen molar-refractivity contribution in [2.24, 2.45) is 0 Å². The number of halogens is 3. The van der Waals surface area contributed by atoms with E-state index in [1.807, 2.05) is 0 Å². The molecule has 1 aromatic heterocycles. The minimum atomic E-state index is -4.22. The molecule has 22 heavy (non-hydrogen) atoms. The van der Waals surface area contributed by atoms with Gasteiger partial charge in [0.25, 0.3) is 5.91 Å². The molecule has 1 aromatic rings. The number of rotatable bonds is 2. The molecule has 1 saturated heterocycles. The predicted molar refractivity (Wildman–Crippen MR) is 76.6 cm³/mol. The van der Waals surface area contributed by atoms with Crippen LogP contribution in [-0.2, 0) is 0 Å². The molecule has 1 aliphatic heterocycles. The van der Waals surface area contributed by atoms with Gasteiger partial charge in [0.15, 0.2) is 0 Å². The molecule has 0 spiro atoms. The molecule has 0 radical (unpaired) electrons. The lowest BCUT2D eigenvalue weighted by Gasteiger charge is -2.47. The minimum absolute atomic E-state index is 0.178. The molecule has 0 N–H and O–H groups in total. The summed E-state index contributed by atoms with van der Waals surface area (Å²) in [5, 5.41) is 0. The number of carbonyl (C=O) groups is 1. The molecule has 0 bridgehead atoms. The highest BCUT2D eigenvalue weighted by molar-refractivity contribution is 5.95. The van der Waals surface area contributed by atoms with E-state index in [0.717, 1.165) is 0 Å². The zero-order valence-electron chi connectivity index (χ0n) is 12.9. The first kappa shape index (κ1) is 16.7. The second-order valence-corrected chi connectivity index (χ2v) is 6.23. The van der Waals surface area contributed by atoms with Crippen molar-refractivity contribution in [1.29, 1.82) is 0 Å². The van der Waals surface area contributed by atoms with Crippen molar-refractivity contribution in [2.45, 2.75) is 32.5 Å². The maximum atomic E-state index is 12.7. The average molecular weight is 315 g/mol. The van der Waals surface area contributed by atoms with E-state index in [4.69, 9.17) is 0 Å². The summed E-state index contributed by atoms with van der Waals surface area (Å²) in [7, 11) is 0. The predicted octanol–water partition coefficient (Wildman–Crippen LogP) is 2.49. The Morgan fingerprint density at radius 3 is 2.59 bits per heavy atom. The summed E-state index contributed by atoms with van der Waals surface area (Å²) in [6, 6.07) is 3.38. The summed E-state index contributed by atoms with van der Waals surface area (Å²) in [5.41, 5.74) is 0.462. The van der Waals surface area contributed by atoms with Crippen molar-refractivity contribution in [2.75, 3.05) is 26.2 Å². The fourth-order valence-corrected chi connectivity index (χ4v) is 2.88. The van der Waals surface area contributed by atoms with Crippen LogP contribution in [0.1, 0.15) is 29.9 Å². The first-order chi connectivity index (χ1) is 10.1. The van der Waals surface area contributed by atoms with Crippen molar-refractivity contribution in [3.8, 4) is 0 Å². The number of carbonyl (C=O) groups excluding carboxylic acids is 1. The molecule has 0 unspecified atom stereocenters. The maximum Gasteiger partial charge on any atom is 0.401 e. The normalized spacial score (nSPS) is 19.3. The standard InChI is InChI=1S/C15H20F3N3O/c1-11-12(5-4-6-19-11)13(22)21-8-7-20(9-14(21,2)3)10-15(16,17)18/h4-6H,7-10H2,1-3H3. The third-order valence-corrected chi connectivity index (χ3v) is 3.87. The van der Waals surface area contributed by atoms with Crippen LogP contribution >= 0.6 is 0 Å². The lowest BCUT2D eigenvalue weighted by Crippen LogP contribution is -2.62. The van der Waals surface area contributed by atoms with Crippen LogP contribution in [0.5, 0.6) is 0 Å². The van der Waals surface area contributed by atoms with Gasteiger partial charge in [-0.1, -0.05) is 0 Å². The lowest BCUT2D eigenvalue weighted by molar-refractivity contribution is -0.153. The number of amides is 1. The fourth-order valence-electron chi connectivity index (χ4n) is 2.88. The molecule has 0 aromatic carbocycles. The zero-order valence-corrected chi connectivity index (χ0v) is 12.9. The number of aromatic nitrogens is 1. The van der Waals surface area contributed by atoms with Gasteiger partial charge in [-0.25, -0.2) is 0 Å². The second kappa shape index (κ2) is 5.87. The van der Waals surface area contributed by atoms with Gasteiger partial charge in [-0.05, 0) is 32.9 Å². The number of hydrogen-bond acceptors (Lipinski definition) is 3. The van der Waals surface area contributed by atoms with Crippen molar-refractivity contribution >= 4 is 5.91 Å². The number of piperazine rings is 1. The van der Waals surface area contributed by atoms with E-state index < -0.39 is 18.3 Å². The largest absolute Gasteiger partial charge is 0.401 e. The molecule has 122 valence electrons. The SMILES string of the molecule is Cc1ncccc1C(=O)N1CCN(CC(F)(F)F)CC1(C)C. The molecule has 0 saturated carbocycles. The molecule has 4 nitrogen and oxygen atoms in total. The smallest absolute Gasteiger partial charge is 0.331 e. The number of aryl methyl sites for hydroxylation is 1. The van der Waals surface area contributed by atoms with Crippen LogP contribution in [0.4, 0.5) is 13.2 Å². The topological polar surface area (TPSA) is 36.4 Å². The summed E-state index contributed by atoms with van der Waals surface area (Å²) < 4.78 is 37.6. The highest BCUT2D eigenvalue weighted by Crippen LogP contribution is 2.26. The molecule has 1 amide bonds. The average Bonchev–Trinajstić information content (AvgIpc) is 2.35. The van der Waals surface area contributed by atoms with Crippen LogP contribution in [0.2, 0.25) is 0 Å². The highest BCUT2D eigenvalue weighted by Gasteiger charge is 2.41. The molecular weight excluding hydrogens is 295 g/mol. The lowest BCUT2D eigenvalue weighted by atomic mass is 9.97. The Morgan fingerprint density at radius 1 is 1.36 bits per heavy atom. The third-order valence-electron chi connectivity index (χ3n) is 3.87. The van der Waals surface area contributed by atoms with E-state index in [1.54, 1.807) is 44.0 Å². The van der Waals surface area contributed by atoms with E-state index in [9.17, 15) is 18.0 Å². The first-order valence-corrected chi connectivity index (χ1v) is 7.13. The Kier molecular flexibility index (Phi) is 4.47. The van der Waals surface area contributed by atoms with Crippen LogP contribution in [0.15, 0.2) is 18.3 Å². The number of alkyl halides is 3. The first-order valence-electron chi connectivity index (χ1n) is 7.13. The van der Waals surface area contributed by atoms with Crippen LogP contribution in [0.25, 0.3) is 0 Å². The Hall–Kier alpha value is -1.63. The van der Waals surface area contributed by atoms with Crippen LogP contribution in [0.3, 0.4) is 0 Å². The monoisotopic (exact) mass is 315 g/mol. The van der Waals surface area contributed by atoms with Crippen molar-refractivity contribution in [1.82, 2.24) is 14.8 Å². The Morgan fingerprint density at radius 2 is 2.05 bits per heavy atom. The summed E-state index contributed by atoms with van der Waals surface area (Å²) in [4.78, 5) is 19.8. The summed E-state index contributed by atoms with van der Waals surface area (Å²) in [6.07, 6.45) is -2.61. The summed E-state index contributed by atoms with van der Waals surface area (Å²) >= 11 is 0. The minimum Gasteiger partial charge on any atom is -0.331 e. The van der Waals surface area contributed by atoms with Crippen molar-refractivity contribution in [3.63, 3.8) is 0 Å². The molecule has 0 aliphatic carbocycles. The Balaban J connectivity index is 2.14. The molecule has 0 atom stereocenters. The van der Waals surface area contributed by atoms with Gasteiger partial charge in [-0.15, -0.1) is 0 Å². The quantitative estimate of drug-likeness (QED) is 0.841. The second-order valence-electron chi connectivity index (χ2n) is 6.23. The van der Waals surface area contributed by atoms with Gasteiger partial charge in [0.05, 0.1) is 17.6 Å². The van der Waals surface area contributed by atoms with Crippen molar-refractivity contribution < 1.29 is 18.0 Å². The van der Waals surface area contributed by atoms with Gasteiger partial charge >= 0.3 is 6.18 Å². The van der Waals surface area contributed by atoms with E-state index >= 15 is 0 Å².